The highest BCUT2D eigenvalue weighted by atomic mass is 19.4. The fourth-order valence-corrected chi connectivity index (χ4v) is 3.12. The highest BCUT2D eigenvalue weighted by Crippen LogP contribution is 2.36. The number of amides is 2. The number of hydrogen-bond acceptors (Lipinski definition) is 5. The molecule has 4 rings (SSSR count). The number of benzene rings is 2. The van der Waals surface area contributed by atoms with Crippen LogP contribution in [0.3, 0.4) is 0 Å². The highest BCUT2D eigenvalue weighted by molar-refractivity contribution is 5.96. The minimum atomic E-state index is -4.65. The van der Waals surface area contributed by atoms with Crippen LogP contribution in [0, 0.1) is 0 Å². The van der Waals surface area contributed by atoms with Gasteiger partial charge >= 0.3 is 12.3 Å². The second-order valence-corrected chi connectivity index (χ2v) is 6.41. The van der Waals surface area contributed by atoms with Gasteiger partial charge in [-0.05, 0) is 24.3 Å². The summed E-state index contributed by atoms with van der Waals surface area (Å²) in [6.07, 6.45) is -5.99. The van der Waals surface area contributed by atoms with Gasteiger partial charge in [0.1, 0.15) is 6.10 Å². The van der Waals surface area contributed by atoms with Crippen LogP contribution in [0.5, 0.6) is 11.5 Å². The number of ether oxygens (including phenoxy) is 3. The molecule has 1 fully saturated rings. The van der Waals surface area contributed by atoms with Gasteiger partial charge in [-0.1, -0.05) is 12.1 Å². The zero-order valence-corrected chi connectivity index (χ0v) is 14.9. The number of nitrogens with one attached hydrogen (secondary N) is 1. The van der Waals surface area contributed by atoms with Gasteiger partial charge in [-0.2, -0.15) is 13.2 Å². The first-order valence-electron chi connectivity index (χ1n) is 8.65. The van der Waals surface area contributed by atoms with Gasteiger partial charge in [0.15, 0.2) is 11.5 Å². The average molecular weight is 408 g/mol. The zero-order valence-electron chi connectivity index (χ0n) is 14.9. The molecule has 10 heteroatoms. The Morgan fingerprint density at radius 2 is 1.90 bits per heavy atom. The van der Waals surface area contributed by atoms with Crippen molar-refractivity contribution in [2.75, 3.05) is 24.8 Å². The molecule has 0 bridgehead atoms. The van der Waals surface area contributed by atoms with Gasteiger partial charge in [0.2, 0.25) is 6.79 Å². The molecule has 2 aliphatic rings. The van der Waals surface area contributed by atoms with Crippen molar-refractivity contribution in [2.45, 2.75) is 12.3 Å². The van der Waals surface area contributed by atoms with Gasteiger partial charge in [0, 0.05) is 6.07 Å². The van der Waals surface area contributed by atoms with Crippen LogP contribution in [0.15, 0.2) is 42.5 Å². The van der Waals surface area contributed by atoms with E-state index in [-0.39, 0.29) is 19.9 Å². The van der Waals surface area contributed by atoms with E-state index in [1.54, 1.807) is 18.2 Å². The molecule has 152 valence electrons. The number of cyclic esters (lactones) is 1. The Morgan fingerprint density at radius 3 is 2.69 bits per heavy atom. The molecule has 1 N–H and O–H groups in total. The average Bonchev–Trinajstić information content (AvgIpc) is 3.31. The Balaban J connectivity index is 1.41. The Bertz CT molecular complexity index is 963. The number of carbonyl (C=O) groups excluding carboxylic acids is 2. The fraction of sp³-hybridized carbons (Fsp3) is 0.263. The molecule has 1 saturated heterocycles. The topological polar surface area (TPSA) is 77.1 Å². The van der Waals surface area contributed by atoms with Gasteiger partial charge in [0.25, 0.3) is 5.91 Å². The van der Waals surface area contributed by atoms with Crippen LogP contribution in [-0.2, 0) is 10.9 Å². The van der Waals surface area contributed by atoms with E-state index in [1.807, 2.05) is 0 Å². The molecule has 2 aromatic carbocycles. The van der Waals surface area contributed by atoms with E-state index in [4.69, 9.17) is 14.2 Å². The van der Waals surface area contributed by atoms with Crippen LogP contribution < -0.4 is 19.7 Å². The third-order valence-electron chi connectivity index (χ3n) is 4.51. The lowest BCUT2D eigenvalue weighted by molar-refractivity contribution is -0.137. The van der Waals surface area contributed by atoms with Crippen molar-refractivity contribution in [2.24, 2.45) is 0 Å². The maximum Gasteiger partial charge on any atom is 0.417 e. The summed E-state index contributed by atoms with van der Waals surface area (Å²) in [5.74, 6) is 0.166. The number of carbonyl (C=O) groups is 2. The van der Waals surface area contributed by atoms with Crippen molar-refractivity contribution in [3.8, 4) is 11.5 Å². The third kappa shape index (κ3) is 3.78. The molecule has 0 aromatic heterocycles. The molecule has 2 amide bonds. The summed E-state index contributed by atoms with van der Waals surface area (Å²) in [5, 5.41) is 2.40. The van der Waals surface area contributed by atoms with Gasteiger partial charge in [0.05, 0.1) is 29.9 Å². The minimum Gasteiger partial charge on any atom is -0.454 e. The number of fused-ring (bicyclic) bond motifs is 1. The number of rotatable bonds is 4. The number of anilines is 1. The molecule has 2 aromatic rings. The first kappa shape index (κ1) is 18.9. The molecule has 0 unspecified atom stereocenters. The van der Waals surface area contributed by atoms with Crippen molar-refractivity contribution in [3.05, 3.63) is 53.6 Å². The quantitative estimate of drug-likeness (QED) is 0.841. The van der Waals surface area contributed by atoms with E-state index in [1.165, 1.54) is 17.0 Å². The van der Waals surface area contributed by atoms with E-state index < -0.39 is 35.4 Å². The molecule has 2 aliphatic heterocycles. The van der Waals surface area contributed by atoms with Gasteiger partial charge < -0.3 is 19.5 Å². The molecule has 2 heterocycles. The molecule has 0 spiro atoms. The summed E-state index contributed by atoms with van der Waals surface area (Å²) in [6, 6.07) is 9.44. The Labute approximate surface area is 163 Å². The largest absolute Gasteiger partial charge is 0.454 e. The SMILES string of the molecule is O=C(NC[C@H]1CN(c2ccc3c(c2)OCO3)C(=O)O1)c1ccccc1C(F)(F)F. The summed E-state index contributed by atoms with van der Waals surface area (Å²) in [6.45, 7) is 0.0920. The highest BCUT2D eigenvalue weighted by Gasteiger charge is 2.36. The lowest BCUT2D eigenvalue weighted by Crippen LogP contribution is -2.35. The van der Waals surface area contributed by atoms with E-state index >= 15 is 0 Å². The number of hydrogen-bond donors (Lipinski definition) is 1. The van der Waals surface area contributed by atoms with Crippen LogP contribution in [0.4, 0.5) is 23.7 Å². The number of halogens is 3. The Morgan fingerprint density at radius 1 is 1.14 bits per heavy atom. The van der Waals surface area contributed by atoms with Crippen molar-refractivity contribution >= 4 is 17.7 Å². The van der Waals surface area contributed by atoms with Gasteiger partial charge in [-0.15, -0.1) is 0 Å². The monoisotopic (exact) mass is 408 g/mol. The molecule has 7 nitrogen and oxygen atoms in total. The Hall–Kier alpha value is -3.43. The predicted octanol–water partition coefficient (Wildman–Crippen LogP) is 3.19. The smallest absolute Gasteiger partial charge is 0.417 e. The van der Waals surface area contributed by atoms with Crippen LogP contribution in [0.1, 0.15) is 15.9 Å². The predicted molar refractivity (Wildman–Crippen MR) is 94.0 cm³/mol. The van der Waals surface area contributed by atoms with E-state index in [0.29, 0.717) is 17.2 Å². The third-order valence-corrected chi connectivity index (χ3v) is 4.51. The summed E-state index contributed by atoms with van der Waals surface area (Å²) >= 11 is 0. The van der Waals surface area contributed by atoms with E-state index in [0.717, 1.165) is 12.1 Å². The van der Waals surface area contributed by atoms with Gasteiger partial charge in [-0.25, -0.2) is 4.79 Å². The lowest BCUT2D eigenvalue weighted by Gasteiger charge is -2.15. The van der Waals surface area contributed by atoms with Crippen molar-refractivity contribution in [1.29, 1.82) is 0 Å². The van der Waals surface area contributed by atoms with Crippen molar-refractivity contribution in [3.63, 3.8) is 0 Å². The maximum atomic E-state index is 13.1. The van der Waals surface area contributed by atoms with Crippen LogP contribution >= 0.6 is 0 Å². The molecule has 29 heavy (non-hydrogen) atoms. The molecule has 0 aliphatic carbocycles. The summed E-state index contributed by atoms with van der Waals surface area (Å²) in [7, 11) is 0. The first-order chi connectivity index (χ1) is 13.8. The molecule has 0 saturated carbocycles. The van der Waals surface area contributed by atoms with Crippen molar-refractivity contribution < 1.29 is 37.0 Å². The standard InChI is InChI=1S/C19H15F3N2O5/c20-19(21,22)14-4-2-1-3-13(14)17(25)23-8-12-9-24(18(26)29-12)11-5-6-15-16(7-11)28-10-27-15/h1-7,12H,8-10H2,(H,23,25)/t12-/m0/s1. The zero-order chi connectivity index (χ0) is 20.6. The second kappa shape index (κ2) is 7.19. The lowest BCUT2D eigenvalue weighted by atomic mass is 10.1. The van der Waals surface area contributed by atoms with E-state index in [2.05, 4.69) is 5.32 Å². The van der Waals surface area contributed by atoms with Crippen molar-refractivity contribution in [1.82, 2.24) is 5.32 Å². The number of nitrogens with zero attached hydrogens (tertiary/aromatic N) is 1. The Kier molecular flexibility index (Phi) is 4.69. The molecular formula is C19H15F3N2O5. The molecule has 0 radical (unpaired) electrons. The second-order valence-electron chi connectivity index (χ2n) is 6.41. The summed E-state index contributed by atoms with van der Waals surface area (Å²) in [4.78, 5) is 25.7. The molecule has 1 atom stereocenters. The maximum absolute atomic E-state index is 13.1. The summed E-state index contributed by atoms with van der Waals surface area (Å²) < 4.78 is 54.9. The summed E-state index contributed by atoms with van der Waals surface area (Å²) in [5.41, 5.74) is -0.990. The van der Waals surface area contributed by atoms with Crippen LogP contribution in [0.2, 0.25) is 0 Å². The first-order valence-corrected chi connectivity index (χ1v) is 8.65. The normalized spacial score (nSPS) is 18.0. The molecular weight excluding hydrogens is 393 g/mol. The van der Waals surface area contributed by atoms with Crippen LogP contribution in [0.25, 0.3) is 0 Å². The minimum absolute atomic E-state index is 0.0945. The van der Waals surface area contributed by atoms with Crippen LogP contribution in [-0.4, -0.2) is 38.0 Å². The van der Waals surface area contributed by atoms with Gasteiger partial charge in [-0.3, -0.25) is 9.69 Å². The van der Waals surface area contributed by atoms with E-state index in [9.17, 15) is 22.8 Å². The fourth-order valence-electron chi connectivity index (χ4n) is 3.12. The number of alkyl halides is 3.